The Hall–Kier alpha value is -1.89. The molecule has 0 spiro atoms. The number of hydrogen-bond donors (Lipinski definition) is 1. The molecule has 0 amide bonds. The summed E-state index contributed by atoms with van der Waals surface area (Å²) in [5.74, 6) is 2.24. The van der Waals surface area contributed by atoms with Crippen LogP contribution >= 0.6 is 7.14 Å². The van der Waals surface area contributed by atoms with Gasteiger partial charge in [0.2, 0.25) is 0 Å². The third-order valence-corrected chi connectivity index (χ3v) is 10.0. The molecule has 29 heavy (non-hydrogen) atoms. The third-order valence-electron chi connectivity index (χ3n) is 7.34. The van der Waals surface area contributed by atoms with Crippen LogP contribution in [-0.2, 0) is 4.57 Å². The second-order valence-electron chi connectivity index (χ2n) is 8.85. The quantitative estimate of drug-likeness (QED) is 0.515. The van der Waals surface area contributed by atoms with Gasteiger partial charge in [-0.3, -0.25) is 0 Å². The topological polar surface area (TPSA) is 37.3 Å². The molecule has 0 bridgehead atoms. The number of rotatable bonds is 4. The van der Waals surface area contributed by atoms with E-state index in [-0.39, 0.29) is 0 Å². The summed E-state index contributed by atoms with van der Waals surface area (Å²) < 4.78 is 14.4. The van der Waals surface area contributed by atoms with Crippen molar-refractivity contribution in [2.24, 2.45) is 11.3 Å². The molecule has 3 atom stereocenters. The number of benzene rings is 2. The molecule has 1 fully saturated rings. The molecule has 0 saturated heterocycles. The van der Waals surface area contributed by atoms with Crippen LogP contribution < -0.4 is 10.6 Å². The fourth-order valence-electron chi connectivity index (χ4n) is 5.15. The molecule has 1 N–H and O–H groups in total. The molecule has 3 unspecified atom stereocenters. The van der Waals surface area contributed by atoms with E-state index in [0.717, 1.165) is 42.7 Å². The van der Waals surface area contributed by atoms with E-state index < -0.39 is 18.2 Å². The van der Waals surface area contributed by atoms with Crippen LogP contribution in [0.3, 0.4) is 0 Å². The molecule has 1 saturated carbocycles. The summed E-state index contributed by atoms with van der Waals surface area (Å²) in [6.45, 7) is 4.39. The first-order valence-electron chi connectivity index (χ1n) is 10.7. The normalized spacial score (nSPS) is 30.0. The van der Waals surface area contributed by atoms with Gasteiger partial charge in [0.1, 0.15) is 0 Å². The molecule has 2 nitrogen and oxygen atoms in total. The molecule has 4 rings (SSSR count). The Labute approximate surface area is 174 Å². The Balaban J connectivity index is 1.83. The van der Waals surface area contributed by atoms with Gasteiger partial charge >= 0.3 is 0 Å². The lowest BCUT2D eigenvalue weighted by Gasteiger charge is -2.54. The van der Waals surface area contributed by atoms with Gasteiger partial charge in [-0.25, -0.2) is 0 Å². The van der Waals surface area contributed by atoms with Crippen molar-refractivity contribution in [3.05, 3.63) is 84.2 Å². The molecule has 2 aliphatic carbocycles. The number of hydrogen-bond acceptors (Lipinski definition) is 2. The summed E-state index contributed by atoms with van der Waals surface area (Å²) in [5.41, 5.74) is -0.0859. The number of fused-ring (bicyclic) bond motifs is 1. The summed E-state index contributed by atoms with van der Waals surface area (Å²) in [5, 5.41) is 13.5. The zero-order valence-electron chi connectivity index (χ0n) is 17.4. The van der Waals surface area contributed by atoms with Gasteiger partial charge in [-0.1, -0.05) is 86.7 Å². The highest BCUT2D eigenvalue weighted by atomic mass is 31.2. The van der Waals surface area contributed by atoms with Crippen molar-refractivity contribution in [1.29, 1.82) is 0 Å². The van der Waals surface area contributed by atoms with Crippen molar-refractivity contribution in [2.45, 2.75) is 51.6 Å². The lowest BCUT2D eigenvalue weighted by Crippen LogP contribution is -2.54. The third kappa shape index (κ3) is 3.37. The fourth-order valence-corrected chi connectivity index (χ4v) is 7.54. The predicted molar refractivity (Wildman–Crippen MR) is 122 cm³/mol. The first kappa shape index (κ1) is 20.4. The van der Waals surface area contributed by atoms with Gasteiger partial charge in [0, 0.05) is 16.0 Å². The van der Waals surface area contributed by atoms with Crippen LogP contribution in [0.1, 0.15) is 46.0 Å². The molecule has 2 aliphatic rings. The van der Waals surface area contributed by atoms with E-state index in [0.29, 0.717) is 5.92 Å². The van der Waals surface area contributed by atoms with Crippen molar-refractivity contribution in [3.63, 3.8) is 0 Å². The highest BCUT2D eigenvalue weighted by Gasteiger charge is 2.53. The SMILES string of the molecule is CC1CCC2=CCCCC2(O)C1(C)/C=C/P(=O)(c1ccccc1)c1ccccc1. The van der Waals surface area contributed by atoms with E-state index >= 15 is 0 Å². The Bertz CT molecular complexity index is 919. The minimum absolute atomic E-state index is 0.319. The smallest absolute Gasteiger partial charge is 0.163 e. The maximum Gasteiger partial charge on any atom is 0.163 e. The van der Waals surface area contributed by atoms with Crippen molar-refractivity contribution in [1.82, 2.24) is 0 Å². The maximum atomic E-state index is 14.4. The summed E-state index contributed by atoms with van der Waals surface area (Å²) in [7, 11) is -2.95. The fraction of sp³-hybridized carbons (Fsp3) is 0.385. The van der Waals surface area contributed by atoms with E-state index in [4.69, 9.17) is 0 Å². The molecule has 3 heteroatoms. The molecular weight excluding hydrogens is 375 g/mol. The average Bonchev–Trinajstić information content (AvgIpc) is 2.77. The van der Waals surface area contributed by atoms with E-state index in [1.54, 1.807) is 0 Å². The zero-order chi connectivity index (χ0) is 20.5. The standard InChI is InChI=1S/C26H31O2P/c1-21-16-17-22-11-9-10-18-26(22,27)25(21,2)19-20-29(28,23-12-5-3-6-13-23)24-14-7-4-8-15-24/h3-8,11-15,19-21,27H,9-10,16-18H2,1-2H3/b20-19+. The molecule has 0 radical (unpaired) electrons. The molecule has 152 valence electrons. The Kier molecular flexibility index (Phi) is 5.44. The highest BCUT2D eigenvalue weighted by Crippen LogP contribution is 2.57. The highest BCUT2D eigenvalue weighted by molar-refractivity contribution is 7.81. The van der Waals surface area contributed by atoms with Crippen LogP contribution in [0.4, 0.5) is 0 Å². The van der Waals surface area contributed by atoms with Crippen molar-refractivity contribution < 1.29 is 9.67 Å². The van der Waals surface area contributed by atoms with Crippen molar-refractivity contribution in [2.75, 3.05) is 0 Å². The minimum Gasteiger partial charge on any atom is -0.385 e. The first-order valence-corrected chi connectivity index (χ1v) is 12.5. The second-order valence-corrected chi connectivity index (χ2v) is 11.5. The lowest BCUT2D eigenvalue weighted by molar-refractivity contribution is -0.0760. The van der Waals surface area contributed by atoms with E-state index in [1.807, 2.05) is 66.5 Å². The molecule has 0 aliphatic heterocycles. The van der Waals surface area contributed by atoms with Crippen molar-refractivity contribution in [3.8, 4) is 0 Å². The van der Waals surface area contributed by atoms with Gasteiger partial charge in [0.15, 0.2) is 7.14 Å². The summed E-state index contributed by atoms with van der Waals surface area (Å²) >= 11 is 0. The van der Waals surface area contributed by atoms with Crippen LogP contribution in [0.2, 0.25) is 0 Å². The van der Waals surface area contributed by atoms with Crippen LogP contribution in [0.15, 0.2) is 84.2 Å². The molecule has 2 aromatic carbocycles. The van der Waals surface area contributed by atoms with E-state index in [9.17, 15) is 9.67 Å². The first-order chi connectivity index (χ1) is 13.9. The molecule has 0 heterocycles. The summed E-state index contributed by atoms with van der Waals surface area (Å²) in [4.78, 5) is 0. The number of aliphatic hydroxyl groups is 1. The van der Waals surface area contributed by atoms with Gasteiger partial charge in [-0.05, 0) is 49.4 Å². The molecular formula is C26H31O2P. The van der Waals surface area contributed by atoms with Crippen LogP contribution in [0, 0.1) is 11.3 Å². The van der Waals surface area contributed by atoms with Gasteiger partial charge in [-0.15, -0.1) is 0 Å². The van der Waals surface area contributed by atoms with Crippen molar-refractivity contribution >= 4 is 17.8 Å². The lowest BCUT2D eigenvalue weighted by atomic mass is 9.54. The van der Waals surface area contributed by atoms with Gasteiger partial charge < -0.3 is 9.67 Å². The van der Waals surface area contributed by atoms with Crippen LogP contribution in [0.5, 0.6) is 0 Å². The van der Waals surface area contributed by atoms with Crippen LogP contribution in [0.25, 0.3) is 0 Å². The minimum atomic E-state index is -2.95. The van der Waals surface area contributed by atoms with E-state index in [1.165, 1.54) is 5.57 Å². The van der Waals surface area contributed by atoms with Gasteiger partial charge in [-0.2, -0.15) is 0 Å². The Morgan fingerprint density at radius 2 is 1.62 bits per heavy atom. The van der Waals surface area contributed by atoms with Gasteiger partial charge in [0.05, 0.1) is 5.60 Å². The summed E-state index contributed by atoms with van der Waals surface area (Å²) in [6, 6.07) is 19.5. The van der Waals surface area contributed by atoms with Gasteiger partial charge in [0.25, 0.3) is 0 Å². The predicted octanol–water partition coefficient (Wildman–Crippen LogP) is 5.79. The number of allylic oxidation sites excluding steroid dienone is 1. The zero-order valence-corrected chi connectivity index (χ0v) is 18.3. The largest absolute Gasteiger partial charge is 0.385 e. The monoisotopic (exact) mass is 406 g/mol. The average molecular weight is 407 g/mol. The second kappa shape index (κ2) is 7.74. The summed E-state index contributed by atoms with van der Waals surface area (Å²) in [6.07, 6.45) is 9.20. The Morgan fingerprint density at radius 3 is 2.21 bits per heavy atom. The Morgan fingerprint density at radius 1 is 1.03 bits per heavy atom. The maximum absolute atomic E-state index is 14.4. The molecule has 0 aromatic heterocycles. The molecule has 2 aromatic rings. The van der Waals surface area contributed by atoms with Crippen LogP contribution in [-0.4, -0.2) is 10.7 Å². The van der Waals surface area contributed by atoms with E-state index in [2.05, 4.69) is 26.0 Å².